The van der Waals surface area contributed by atoms with Crippen LogP contribution in [0, 0.1) is 55.4 Å². The number of methoxy groups -OCH3 is 1. The first-order valence-electron chi connectivity index (χ1n) is 16.0. The molecule has 0 saturated heterocycles. The van der Waals surface area contributed by atoms with E-state index < -0.39 is 0 Å². The molecule has 6 nitrogen and oxygen atoms in total. The van der Waals surface area contributed by atoms with Gasteiger partial charge in [0.25, 0.3) is 0 Å². The lowest BCUT2D eigenvalue weighted by Gasteiger charge is -2.19. The molecule has 0 amide bonds. The average molecular weight is 621 g/mol. The SMILES string of the molecule is COc1ccnc(-n2c3ccccc3c3ccc(Oc4cc(C)cc(-n5nc(C)c(-c6c(C)c(C)c(C)c(C)c6C)c5C)c4)cc32)c1. The van der Waals surface area contributed by atoms with Crippen LogP contribution in [0.5, 0.6) is 17.2 Å². The van der Waals surface area contributed by atoms with Crippen molar-refractivity contribution in [2.75, 3.05) is 7.11 Å². The number of fused-ring (bicyclic) bond motifs is 3. The molecule has 0 aliphatic carbocycles. The van der Waals surface area contributed by atoms with E-state index in [0.717, 1.165) is 67.5 Å². The van der Waals surface area contributed by atoms with Gasteiger partial charge in [0.15, 0.2) is 0 Å². The Kier molecular flexibility index (Phi) is 7.39. The highest BCUT2D eigenvalue weighted by Crippen LogP contribution is 2.39. The summed E-state index contributed by atoms with van der Waals surface area (Å²) in [6.07, 6.45) is 1.78. The monoisotopic (exact) mass is 620 g/mol. The maximum absolute atomic E-state index is 6.61. The Hall–Kier alpha value is -5.36. The van der Waals surface area contributed by atoms with Gasteiger partial charge < -0.3 is 9.47 Å². The van der Waals surface area contributed by atoms with Crippen molar-refractivity contribution >= 4 is 21.8 Å². The summed E-state index contributed by atoms with van der Waals surface area (Å²) in [5.41, 5.74) is 15.5. The van der Waals surface area contributed by atoms with Crippen molar-refractivity contribution in [3.05, 3.63) is 124 Å². The molecule has 7 rings (SSSR count). The lowest BCUT2D eigenvalue weighted by molar-refractivity contribution is 0.414. The summed E-state index contributed by atoms with van der Waals surface area (Å²) in [6.45, 7) is 17.5. The first-order valence-corrected chi connectivity index (χ1v) is 16.0. The number of para-hydroxylation sites is 1. The summed E-state index contributed by atoms with van der Waals surface area (Å²) in [7, 11) is 1.67. The predicted molar refractivity (Wildman–Crippen MR) is 192 cm³/mol. The van der Waals surface area contributed by atoms with E-state index in [9.17, 15) is 0 Å². The van der Waals surface area contributed by atoms with Crippen molar-refractivity contribution in [2.45, 2.75) is 55.4 Å². The molecule has 0 fully saturated rings. The van der Waals surface area contributed by atoms with Crippen LogP contribution < -0.4 is 9.47 Å². The van der Waals surface area contributed by atoms with Crippen molar-refractivity contribution in [1.82, 2.24) is 19.3 Å². The third kappa shape index (κ3) is 4.96. The maximum atomic E-state index is 6.61. The lowest BCUT2D eigenvalue weighted by atomic mass is 9.85. The number of hydrogen-bond acceptors (Lipinski definition) is 4. The van der Waals surface area contributed by atoms with Gasteiger partial charge in [0, 0.05) is 46.4 Å². The number of hydrogen-bond donors (Lipinski definition) is 0. The van der Waals surface area contributed by atoms with Crippen LogP contribution in [-0.2, 0) is 0 Å². The van der Waals surface area contributed by atoms with E-state index >= 15 is 0 Å². The molecule has 0 aliphatic heterocycles. The summed E-state index contributed by atoms with van der Waals surface area (Å²) in [4.78, 5) is 4.70. The Labute approximate surface area is 276 Å². The molecule has 47 heavy (non-hydrogen) atoms. The summed E-state index contributed by atoms with van der Waals surface area (Å²) in [6, 6.07) is 24.8. The van der Waals surface area contributed by atoms with Gasteiger partial charge in [-0.1, -0.05) is 18.2 Å². The van der Waals surface area contributed by atoms with Crippen LogP contribution in [0.2, 0.25) is 0 Å². The average Bonchev–Trinajstić information content (AvgIpc) is 3.55. The molecule has 3 aromatic heterocycles. The Balaban J connectivity index is 1.31. The number of aryl methyl sites for hydroxylation is 2. The molecular weight excluding hydrogens is 580 g/mol. The number of aromatic nitrogens is 4. The molecule has 0 bridgehead atoms. The third-order valence-corrected chi connectivity index (χ3v) is 9.88. The zero-order chi connectivity index (χ0) is 33.1. The van der Waals surface area contributed by atoms with E-state index in [1.165, 1.54) is 38.9 Å². The van der Waals surface area contributed by atoms with Gasteiger partial charge in [0.05, 0.1) is 29.5 Å². The smallest absolute Gasteiger partial charge is 0.141 e. The Bertz CT molecular complexity index is 2330. The highest BCUT2D eigenvalue weighted by Gasteiger charge is 2.22. The van der Waals surface area contributed by atoms with Crippen LogP contribution in [0.15, 0.2) is 79.0 Å². The van der Waals surface area contributed by atoms with Crippen LogP contribution in [0.1, 0.15) is 44.8 Å². The second-order valence-electron chi connectivity index (χ2n) is 12.6. The lowest BCUT2D eigenvalue weighted by Crippen LogP contribution is -2.02. The minimum atomic E-state index is 0.743. The van der Waals surface area contributed by atoms with Crippen LogP contribution in [-0.4, -0.2) is 26.4 Å². The number of ether oxygens (including phenoxy) is 2. The van der Waals surface area contributed by atoms with Gasteiger partial charge in [-0.3, -0.25) is 4.57 Å². The Morgan fingerprint density at radius 2 is 1.30 bits per heavy atom. The van der Waals surface area contributed by atoms with Gasteiger partial charge in [0.2, 0.25) is 0 Å². The molecule has 7 aromatic rings. The van der Waals surface area contributed by atoms with Gasteiger partial charge in [-0.25, -0.2) is 9.67 Å². The quantitative estimate of drug-likeness (QED) is 0.186. The van der Waals surface area contributed by atoms with Crippen molar-refractivity contribution in [3.63, 3.8) is 0 Å². The maximum Gasteiger partial charge on any atom is 0.141 e. The summed E-state index contributed by atoms with van der Waals surface area (Å²) >= 11 is 0. The van der Waals surface area contributed by atoms with E-state index in [1.807, 2.05) is 18.2 Å². The molecule has 236 valence electrons. The Morgan fingerprint density at radius 3 is 2.04 bits per heavy atom. The molecule has 4 aromatic carbocycles. The molecule has 0 atom stereocenters. The molecule has 0 N–H and O–H groups in total. The second-order valence-corrected chi connectivity index (χ2v) is 12.6. The zero-order valence-electron chi connectivity index (χ0n) is 28.6. The van der Waals surface area contributed by atoms with Gasteiger partial charge in [0.1, 0.15) is 23.1 Å². The molecule has 0 spiro atoms. The molecular formula is C41H40N4O2. The van der Waals surface area contributed by atoms with Crippen LogP contribution in [0.4, 0.5) is 0 Å². The third-order valence-electron chi connectivity index (χ3n) is 9.88. The topological polar surface area (TPSA) is 54.1 Å². The van der Waals surface area contributed by atoms with Crippen molar-refractivity contribution in [2.24, 2.45) is 0 Å². The standard InChI is InChI=1S/C41H40N4O2/c1-23-18-31(45-30(8)41(29(7)43-45)40-27(5)25(3)24(2)26(4)28(40)6)20-34(19-23)47-33-14-15-36-35-12-10-11-13-37(35)44(38(36)21-33)39-22-32(46-9)16-17-42-39/h10-22H,1-9H3. The summed E-state index contributed by atoms with van der Waals surface area (Å²) < 4.78 is 16.4. The van der Waals surface area contributed by atoms with E-state index in [0.29, 0.717) is 0 Å². The van der Waals surface area contributed by atoms with Crippen LogP contribution >= 0.6 is 0 Å². The van der Waals surface area contributed by atoms with Gasteiger partial charge in [-0.05, 0) is 131 Å². The molecule has 0 aliphatic rings. The number of nitrogens with zero attached hydrogens (tertiary/aromatic N) is 4. The highest BCUT2D eigenvalue weighted by molar-refractivity contribution is 6.09. The van der Waals surface area contributed by atoms with E-state index in [4.69, 9.17) is 19.6 Å². The molecule has 3 heterocycles. The molecule has 0 radical (unpaired) electrons. The van der Waals surface area contributed by atoms with Crippen LogP contribution in [0.3, 0.4) is 0 Å². The molecule has 0 saturated carbocycles. The number of benzene rings is 4. The van der Waals surface area contributed by atoms with Crippen LogP contribution in [0.25, 0.3) is 44.4 Å². The van der Waals surface area contributed by atoms with Crippen molar-refractivity contribution in [1.29, 1.82) is 0 Å². The largest absolute Gasteiger partial charge is 0.497 e. The van der Waals surface area contributed by atoms with Gasteiger partial charge in [-0.2, -0.15) is 5.10 Å². The predicted octanol–water partition coefficient (Wildman–Crippen LogP) is 10.3. The first kappa shape index (κ1) is 30.3. The highest BCUT2D eigenvalue weighted by atomic mass is 16.5. The minimum absolute atomic E-state index is 0.743. The van der Waals surface area contributed by atoms with Crippen molar-refractivity contribution < 1.29 is 9.47 Å². The minimum Gasteiger partial charge on any atom is -0.497 e. The second kappa shape index (κ2) is 11.5. The fraction of sp³-hybridized carbons (Fsp3) is 0.220. The first-order chi connectivity index (χ1) is 22.6. The van der Waals surface area contributed by atoms with Gasteiger partial charge >= 0.3 is 0 Å². The molecule has 0 unspecified atom stereocenters. The van der Waals surface area contributed by atoms with Crippen molar-refractivity contribution in [3.8, 4) is 39.9 Å². The van der Waals surface area contributed by atoms with E-state index in [1.54, 1.807) is 13.3 Å². The zero-order valence-corrected chi connectivity index (χ0v) is 28.6. The van der Waals surface area contributed by atoms with E-state index in [2.05, 4.69) is 119 Å². The van der Waals surface area contributed by atoms with E-state index in [-0.39, 0.29) is 0 Å². The molecule has 6 heteroatoms. The number of rotatable bonds is 6. The fourth-order valence-electron chi connectivity index (χ4n) is 7.09. The summed E-state index contributed by atoms with van der Waals surface area (Å²) in [5, 5.41) is 7.36. The number of pyridine rings is 1. The normalized spacial score (nSPS) is 11.5. The summed E-state index contributed by atoms with van der Waals surface area (Å²) in [5.74, 6) is 3.04. The fourth-order valence-corrected chi connectivity index (χ4v) is 7.09. The Morgan fingerprint density at radius 1 is 0.596 bits per heavy atom. The van der Waals surface area contributed by atoms with Gasteiger partial charge in [-0.15, -0.1) is 0 Å².